The Morgan fingerprint density at radius 3 is 2.57 bits per heavy atom. The van der Waals surface area contributed by atoms with Crippen LogP contribution in [0.15, 0.2) is 36.4 Å². The molecule has 0 heterocycles. The number of methoxy groups -OCH3 is 1. The summed E-state index contributed by atoms with van der Waals surface area (Å²) in [4.78, 5) is 12.1. The number of alkyl halides is 2. The molecule has 0 aliphatic rings. The maximum Gasteiger partial charge on any atom is 0.387 e. The lowest BCUT2D eigenvalue weighted by atomic mass is 10.2. The molecule has 0 aliphatic carbocycles. The zero-order valence-corrected chi connectivity index (χ0v) is 12.5. The Balaban J connectivity index is 2.24. The summed E-state index contributed by atoms with van der Waals surface area (Å²) in [6.45, 7) is -3.02. The molecule has 0 saturated carbocycles. The maximum absolute atomic E-state index is 13.6. The van der Waals surface area contributed by atoms with Crippen LogP contribution in [0.25, 0.3) is 0 Å². The summed E-state index contributed by atoms with van der Waals surface area (Å²) in [6, 6.07) is 7.31. The van der Waals surface area contributed by atoms with Crippen molar-refractivity contribution in [2.75, 3.05) is 12.4 Å². The molecular weight excluding hydrogens is 335 g/mol. The summed E-state index contributed by atoms with van der Waals surface area (Å²) in [5.41, 5.74) is -0.0304. The standard InChI is InChI=1S/C15H11ClF3NO3/c1-22-13-6-8(2-5-12(13)23-15(18)19)14(21)20-11-7-9(16)3-4-10(11)17/h2-7,15H,1H3,(H,20,21). The van der Waals surface area contributed by atoms with Crippen molar-refractivity contribution in [3.05, 3.63) is 52.8 Å². The molecule has 4 nitrogen and oxygen atoms in total. The summed E-state index contributed by atoms with van der Waals surface area (Å²) < 4.78 is 47.3. The maximum atomic E-state index is 13.6. The molecule has 23 heavy (non-hydrogen) atoms. The van der Waals surface area contributed by atoms with E-state index in [1.165, 1.54) is 31.4 Å². The highest BCUT2D eigenvalue weighted by Gasteiger charge is 2.15. The SMILES string of the molecule is COc1cc(C(=O)Nc2cc(Cl)ccc2F)ccc1OC(F)F. The number of hydrogen-bond acceptors (Lipinski definition) is 3. The lowest BCUT2D eigenvalue weighted by Gasteiger charge is -2.12. The predicted octanol–water partition coefficient (Wildman–Crippen LogP) is 4.34. The van der Waals surface area contributed by atoms with E-state index in [0.717, 1.165) is 12.1 Å². The number of carbonyl (C=O) groups is 1. The van der Waals surface area contributed by atoms with Crippen LogP contribution in [0.4, 0.5) is 18.9 Å². The third kappa shape index (κ3) is 4.29. The van der Waals surface area contributed by atoms with Crippen molar-refractivity contribution in [3.8, 4) is 11.5 Å². The van der Waals surface area contributed by atoms with E-state index >= 15 is 0 Å². The lowest BCUT2D eigenvalue weighted by molar-refractivity contribution is -0.0512. The van der Waals surface area contributed by atoms with Crippen molar-refractivity contribution in [2.45, 2.75) is 6.61 Å². The number of rotatable bonds is 5. The van der Waals surface area contributed by atoms with Crippen LogP contribution in [0, 0.1) is 5.82 Å². The van der Waals surface area contributed by atoms with E-state index in [-0.39, 0.29) is 27.8 Å². The highest BCUT2D eigenvalue weighted by Crippen LogP contribution is 2.30. The summed E-state index contributed by atoms with van der Waals surface area (Å²) in [6.07, 6.45) is 0. The Hall–Kier alpha value is -2.41. The first-order chi connectivity index (χ1) is 10.9. The molecule has 2 aromatic rings. The van der Waals surface area contributed by atoms with Crippen LogP contribution in [0.5, 0.6) is 11.5 Å². The van der Waals surface area contributed by atoms with Gasteiger partial charge in [0.2, 0.25) is 0 Å². The topological polar surface area (TPSA) is 47.6 Å². The monoisotopic (exact) mass is 345 g/mol. The van der Waals surface area contributed by atoms with Gasteiger partial charge in [-0.25, -0.2) is 4.39 Å². The minimum Gasteiger partial charge on any atom is -0.493 e. The second kappa shape index (κ2) is 7.23. The van der Waals surface area contributed by atoms with Gasteiger partial charge in [0.05, 0.1) is 12.8 Å². The van der Waals surface area contributed by atoms with Crippen LogP contribution in [0.3, 0.4) is 0 Å². The average molecular weight is 346 g/mol. The van der Waals surface area contributed by atoms with Crippen molar-refractivity contribution in [2.24, 2.45) is 0 Å². The molecule has 0 radical (unpaired) electrons. The number of benzene rings is 2. The molecule has 0 bridgehead atoms. The second-order valence-corrected chi connectivity index (χ2v) is 4.76. The van der Waals surface area contributed by atoms with Gasteiger partial charge in [0.15, 0.2) is 11.5 Å². The Bertz CT molecular complexity index is 725. The van der Waals surface area contributed by atoms with Gasteiger partial charge in [-0.1, -0.05) is 11.6 Å². The second-order valence-electron chi connectivity index (χ2n) is 4.32. The van der Waals surface area contributed by atoms with Crippen molar-refractivity contribution >= 4 is 23.2 Å². The molecule has 122 valence electrons. The van der Waals surface area contributed by atoms with E-state index in [2.05, 4.69) is 10.1 Å². The van der Waals surface area contributed by atoms with Crippen LogP contribution < -0.4 is 14.8 Å². The molecule has 8 heteroatoms. The van der Waals surface area contributed by atoms with Crippen molar-refractivity contribution in [3.63, 3.8) is 0 Å². The Labute approximate surface area is 134 Å². The Kier molecular flexibility index (Phi) is 5.33. The van der Waals surface area contributed by atoms with E-state index < -0.39 is 18.3 Å². The average Bonchev–Trinajstić information content (AvgIpc) is 2.50. The molecule has 0 saturated heterocycles. The van der Waals surface area contributed by atoms with E-state index in [0.29, 0.717) is 0 Å². The number of ether oxygens (including phenoxy) is 2. The van der Waals surface area contributed by atoms with Gasteiger partial charge in [-0.05, 0) is 36.4 Å². The molecule has 0 unspecified atom stereocenters. The van der Waals surface area contributed by atoms with Gasteiger partial charge >= 0.3 is 6.61 Å². The molecule has 0 atom stereocenters. The van der Waals surface area contributed by atoms with Gasteiger partial charge in [0.1, 0.15) is 5.82 Å². The van der Waals surface area contributed by atoms with Gasteiger partial charge in [0.25, 0.3) is 5.91 Å². The van der Waals surface area contributed by atoms with Crippen molar-refractivity contribution in [1.29, 1.82) is 0 Å². The Morgan fingerprint density at radius 1 is 1.17 bits per heavy atom. The molecule has 2 aromatic carbocycles. The number of carbonyl (C=O) groups excluding carboxylic acids is 1. The van der Waals surface area contributed by atoms with E-state index in [1.54, 1.807) is 0 Å². The number of hydrogen-bond donors (Lipinski definition) is 1. The fraction of sp³-hybridized carbons (Fsp3) is 0.133. The number of anilines is 1. The lowest BCUT2D eigenvalue weighted by Crippen LogP contribution is -2.13. The summed E-state index contributed by atoms with van der Waals surface area (Å²) in [5.74, 6) is -1.59. The van der Waals surface area contributed by atoms with Crippen LogP contribution in [-0.4, -0.2) is 19.6 Å². The van der Waals surface area contributed by atoms with Gasteiger partial charge < -0.3 is 14.8 Å². The van der Waals surface area contributed by atoms with Crippen LogP contribution in [0.1, 0.15) is 10.4 Å². The van der Waals surface area contributed by atoms with Gasteiger partial charge in [-0.2, -0.15) is 8.78 Å². The van der Waals surface area contributed by atoms with Gasteiger partial charge in [0, 0.05) is 10.6 Å². The third-order valence-corrected chi connectivity index (χ3v) is 3.05. The fourth-order valence-electron chi connectivity index (χ4n) is 1.79. The quantitative estimate of drug-likeness (QED) is 0.876. The van der Waals surface area contributed by atoms with Crippen molar-refractivity contribution in [1.82, 2.24) is 0 Å². The summed E-state index contributed by atoms with van der Waals surface area (Å²) in [7, 11) is 1.24. The third-order valence-electron chi connectivity index (χ3n) is 2.82. The fourth-order valence-corrected chi connectivity index (χ4v) is 1.96. The highest BCUT2D eigenvalue weighted by molar-refractivity contribution is 6.31. The minimum absolute atomic E-state index is 0.0514. The number of amides is 1. The predicted molar refractivity (Wildman–Crippen MR) is 79.0 cm³/mol. The zero-order chi connectivity index (χ0) is 17.0. The van der Waals surface area contributed by atoms with Gasteiger partial charge in [-0.3, -0.25) is 4.79 Å². The molecule has 1 amide bonds. The van der Waals surface area contributed by atoms with Crippen LogP contribution in [0.2, 0.25) is 5.02 Å². The first-order valence-electron chi connectivity index (χ1n) is 6.30. The van der Waals surface area contributed by atoms with Crippen LogP contribution >= 0.6 is 11.6 Å². The minimum atomic E-state index is -3.02. The normalized spacial score (nSPS) is 10.5. The Morgan fingerprint density at radius 2 is 1.91 bits per heavy atom. The molecule has 0 aliphatic heterocycles. The van der Waals surface area contributed by atoms with Crippen molar-refractivity contribution < 1.29 is 27.4 Å². The van der Waals surface area contributed by atoms with Crippen LogP contribution in [-0.2, 0) is 0 Å². The van der Waals surface area contributed by atoms with E-state index in [9.17, 15) is 18.0 Å². The highest BCUT2D eigenvalue weighted by atomic mass is 35.5. The molecule has 1 N–H and O–H groups in total. The first-order valence-corrected chi connectivity index (χ1v) is 6.67. The molecule has 0 aromatic heterocycles. The summed E-state index contributed by atoms with van der Waals surface area (Å²) in [5, 5.41) is 2.59. The van der Waals surface area contributed by atoms with E-state index in [4.69, 9.17) is 16.3 Å². The largest absolute Gasteiger partial charge is 0.493 e. The number of nitrogens with one attached hydrogen (secondary N) is 1. The molecule has 2 rings (SSSR count). The smallest absolute Gasteiger partial charge is 0.387 e. The zero-order valence-electron chi connectivity index (χ0n) is 11.8. The molecule has 0 fully saturated rings. The van der Waals surface area contributed by atoms with E-state index in [1.807, 2.05) is 0 Å². The molecular formula is C15H11ClF3NO3. The summed E-state index contributed by atoms with van der Waals surface area (Å²) >= 11 is 5.74. The molecule has 0 spiro atoms. The first kappa shape index (κ1) is 17.0. The number of halogens is 4. The van der Waals surface area contributed by atoms with Gasteiger partial charge in [-0.15, -0.1) is 0 Å².